The molecular weight excluding hydrogens is 475 g/mol. The van der Waals surface area contributed by atoms with Crippen LogP contribution in [0.5, 0.6) is 0 Å². The molecule has 0 aromatic heterocycles. The Morgan fingerprint density at radius 1 is 0.759 bits per heavy atom. The Labute approximate surface area is 190 Å². The van der Waals surface area contributed by atoms with Gasteiger partial charge < -0.3 is 0 Å². The summed E-state index contributed by atoms with van der Waals surface area (Å²) < 4.78 is 5.45. The topological polar surface area (TPSA) is 20.2 Å². The monoisotopic (exact) mass is 532 g/mol. The molecule has 1 aliphatic rings. The summed E-state index contributed by atoms with van der Waals surface area (Å²) in [5, 5.41) is 11.0. The zero-order valence-corrected chi connectivity index (χ0v) is 25.8. The fourth-order valence-corrected chi connectivity index (χ4v) is 55.4. The van der Waals surface area contributed by atoms with Gasteiger partial charge in [0.1, 0.15) is 0 Å². The van der Waals surface area contributed by atoms with Crippen molar-refractivity contribution >= 4 is 26.5 Å². The second-order valence-electron chi connectivity index (χ2n) is 11.5. The van der Waals surface area contributed by atoms with Crippen LogP contribution in [0.3, 0.4) is 0 Å². The third kappa shape index (κ3) is 4.99. The fourth-order valence-electron chi connectivity index (χ4n) is 8.57. The molecule has 1 rings (SSSR count). The fraction of sp³-hybridized carbons (Fsp3) is 1.00. The van der Waals surface area contributed by atoms with E-state index in [-0.39, 0.29) is 6.10 Å². The summed E-state index contributed by atoms with van der Waals surface area (Å²) >= 11 is -2.53. The van der Waals surface area contributed by atoms with Crippen molar-refractivity contribution in [2.75, 3.05) is 0 Å². The summed E-state index contributed by atoms with van der Waals surface area (Å²) in [5.74, 6) is 0.628. The first kappa shape index (κ1) is 28.0. The molecule has 0 aromatic rings. The number of aliphatic hydroxyl groups excluding tert-OH is 1. The zero-order valence-electron chi connectivity index (χ0n) is 21.9. The standard InChI is InChI=1S/C14H29OSi.3C4H9.Sn/c1-9(2)16(10(3)4,11(5)6)14-8-13(14)12(7)15;3*1-3-4-2;/h9-13,15H,8H2,1-7H3;3*1,3-4H2,2H3;/t12-,13+;;;;/m1..../s1. The SMILES string of the molecule is CCC[CH2][Sn]([CH2]CCC)([CH2]CCC)[C@]1([Si](C(C)C)(C(C)C)C(C)C)C[C@H]1[C@@H](C)O. The quantitative estimate of drug-likeness (QED) is 0.209. The van der Waals surface area contributed by atoms with E-state index in [9.17, 15) is 5.11 Å². The summed E-state index contributed by atoms with van der Waals surface area (Å²) in [5.41, 5.74) is 2.48. The van der Waals surface area contributed by atoms with Crippen molar-refractivity contribution in [1.29, 1.82) is 0 Å². The Bertz CT molecular complexity index is 430. The van der Waals surface area contributed by atoms with Crippen molar-refractivity contribution in [3.8, 4) is 0 Å². The van der Waals surface area contributed by atoms with Gasteiger partial charge in [0.2, 0.25) is 0 Å². The third-order valence-electron chi connectivity index (χ3n) is 9.21. The number of aliphatic hydroxyl groups is 1. The number of hydrogen-bond acceptors (Lipinski definition) is 1. The molecule has 3 heteroatoms. The molecule has 0 amide bonds. The Morgan fingerprint density at radius 3 is 1.31 bits per heavy atom. The van der Waals surface area contributed by atoms with Gasteiger partial charge in [-0.1, -0.05) is 0 Å². The van der Waals surface area contributed by atoms with Gasteiger partial charge in [-0.2, -0.15) is 0 Å². The van der Waals surface area contributed by atoms with E-state index >= 15 is 0 Å². The van der Waals surface area contributed by atoms with Gasteiger partial charge >= 0.3 is 191 Å². The third-order valence-corrected chi connectivity index (χ3v) is 42.6. The Morgan fingerprint density at radius 2 is 1.10 bits per heavy atom. The molecule has 0 aromatic carbocycles. The van der Waals surface area contributed by atoms with Crippen LogP contribution < -0.4 is 0 Å². The normalized spacial score (nSPS) is 24.0. The van der Waals surface area contributed by atoms with E-state index in [0.717, 1.165) is 16.6 Å². The van der Waals surface area contributed by atoms with E-state index in [4.69, 9.17) is 0 Å². The van der Waals surface area contributed by atoms with Gasteiger partial charge in [0, 0.05) is 0 Å². The van der Waals surface area contributed by atoms with Gasteiger partial charge in [-0.15, -0.1) is 0 Å². The van der Waals surface area contributed by atoms with Crippen molar-refractivity contribution in [2.45, 2.75) is 153 Å². The molecule has 0 saturated heterocycles. The molecule has 0 unspecified atom stereocenters. The summed E-state index contributed by atoms with van der Waals surface area (Å²) in [6, 6.07) is 0. The Hall–Kier alpha value is 0.976. The molecule has 0 radical (unpaired) electrons. The van der Waals surface area contributed by atoms with E-state index in [1.807, 2.05) is 0 Å². The maximum atomic E-state index is 11.0. The molecule has 0 aliphatic heterocycles. The summed E-state index contributed by atoms with van der Waals surface area (Å²) in [7, 11) is -1.62. The molecule has 1 saturated carbocycles. The summed E-state index contributed by atoms with van der Waals surface area (Å²) in [4.78, 5) is 0. The number of rotatable bonds is 15. The molecule has 29 heavy (non-hydrogen) atoms. The molecular formula is C26H56OSiSn. The Kier molecular flexibility index (Phi) is 11.3. The van der Waals surface area contributed by atoms with Crippen LogP contribution in [0.2, 0.25) is 33.0 Å². The second kappa shape index (κ2) is 11.7. The second-order valence-corrected chi connectivity index (χ2v) is 33.3. The molecule has 1 aliphatic carbocycles. The van der Waals surface area contributed by atoms with Gasteiger partial charge in [0.05, 0.1) is 0 Å². The predicted octanol–water partition coefficient (Wildman–Crippen LogP) is 9.19. The van der Waals surface area contributed by atoms with E-state index in [0.29, 0.717) is 8.97 Å². The molecule has 3 atom stereocenters. The zero-order chi connectivity index (χ0) is 22.5. The summed E-state index contributed by atoms with van der Waals surface area (Å²) in [6.07, 6.45) is 9.73. The minimum absolute atomic E-state index is 0.0981. The first-order valence-corrected chi connectivity index (χ1v) is 22.9. The van der Waals surface area contributed by atoms with Gasteiger partial charge in [-0.25, -0.2) is 0 Å². The van der Waals surface area contributed by atoms with Crippen LogP contribution in [0.4, 0.5) is 0 Å². The molecule has 0 spiro atoms. The average molecular weight is 532 g/mol. The van der Waals surface area contributed by atoms with Crippen molar-refractivity contribution < 1.29 is 5.11 Å². The van der Waals surface area contributed by atoms with Crippen LogP contribution in [0.1, 0.15) is 114 Å². The van der Waals surface area contributed by atoms with Crippen molar-refractivity contribution in [2.24, 2.45) is 5.92 Å². The first-order valence-electron chi connectivity index (χ1n) is 13.2. The van der Waals surface area contributed by atoms with Gasteiger partial charge in [-0.05, 0) is 0 Å². The van der Waals surface area contributed by atoms with Crippen LogP contribution >= 0.6 is 0 Å². The van der Waals surface area contributed by atoms with Crippen molar-refractivity contribution in [1.82, 2.24) is 0 Å². The van der Waals surface area contributed by atoms with Crippen molar-refractivity contribution in [3.05, 3.63) is 0 Å². The van der Waals surface area contributed by atoms with Crippen LogP contribution in [-0.4, -0.2) is 37.7 Å². The van der Waals surface area contributed by atoms with Gasteiger partial charge in [0.15, 0.2) is 0 Å². The van der Waals surface area contributed by atoms with E-state index in [1.165, 1.54) is 44.9 Å². The maximum absolute atomic E-state index is 11.0. The van der Waals surface area contributed by atoms with E-state index in [1.54, 1.807) is 13.3 Å². The van der Waals surface area contributed by atoms with Crippen LogP contribution in [0, 0.1) is 5.92 Å². The average Bonchev–Trinajstić information content (AvgIpc) is 3.38. The molecule has 174 valence electrons. The predicted molar refractivity (Wildman–Crippen MR) is 138 cm³/mol. The van der Waals surface area contributed by atoms with Crippen LogP contribution in [0.15, 0.2) is 0 Å². The van der Waals surface area contributed by atoms with Crippen molar-refractivity contribution in [3.63, 3.8) is 0 Å². The van der Waals surface area contributed by atoms with Gasteiger partial charge in [-0.3, -0.25) is 0 Å². The molecule has 0 heterocycles. The Balaban J connectivity index is 3.79. The van der Waals surface area contributed by atoms with E-state index in [2.05, 4.69) is 69.2 Å². The molecule has 1 fully saturated rings. The number of hydrogen-bond donors (Lipinski definition) is 1. The summed E-state index contributed by atoms with van der Waals surface area (Å²) in [6.45, 7) is 24.9. The van der Waals surface area contributed by atoms with Gasteiger partial charge in [0.25, 0.3) is 0 Å². The van der Waals surface area contributed by atoms with Crippen LogP contribution in [-0.2, 0) is 0 Å². The number of unbranched alkanes of at least 4 members (excludes halogenated alkanes) is 3. The molecule has 1 nitrogen and oxygen atoms in total. The minimum atomic E-state index is -2.53. The first-order chi connectivity index (χ1) is 13.6. The van der Waals surface area contributed by atoms with Crippen LogP contribution in [0.25, 0.3) is 0 Å². The molecule has 1 N–H and O–H groups in total. The van der Waals surface area contributed by atoms with E-state index < -0.39 is 26.5 Å². The molecule has 0 bridgehead atoms.